The number of hydrogen-bond donors (Lipinski definition) is 3. The Morgan fingerprint density at radius 2 is 1.80 bits per heavy atom. The summed E-state index contributed by atoms with van der Waals surface area (Å²) in [4.78, 5) is 34.7. The number of alkyl halides is 3. The number of carbonyl (C=O) groups is 2. The van der Waals surface area contributed by atoms with Crippen LogP contribution in [0.25, 0.3) is 11.3 Å². The van der Waals surface area contributed by atoms with E-state index in [-0.39, 0.29) is 51.8 Å². The molecule has 41 heavy (non-hydrogen) atoms. The zero-order valence-corrected chi connectivity index (χ0v) is 22.0. The van der Waals surface area contributed by atoms with Crippen molar-refractivity contribution in [3.63, 3.8) is 0 Å². The van der Waals surface area contributed by atoms with Gasteiger partial charge in [0.05, 0.1) is 28.8 Å². The highest BCUT2D eigenvalue weighted by Gasteiger charge is 2.66. The van der Waals surface area contributed by atoms with Crippen LogP contribution in [0.5, 0.6) is 5.88 Å². The molecule has 214 valence electrons. The van der Waals surface area contributed by atoms with Gasteiger partial charge in [-0.3, -0.25) is 9.59 Å². The van der Waals surface area contributed by atoms with Crippen LogP contribution in [0.4, 0.5) is 24.5 Å². The van der Waals surface area contributed by atoms with Crippen molar-refractivity contribution in [1.29, 1.82) is 0 Å². The van der Waals surface area contributed by atoms with Gasteiger partial charge in [0.1, 0.15) is 5.76 Å². The number of pyridine rings is 1. The first-order chi connectivity index (χ1) is 19.6. The number of nitrogens with zero attached hydrogens (tertiary/aromatic N) is 3. The lowest BCUT2D eigenvalue weighted by Gasteiger charge is -2.52. The molecule has 0 unspecified atom stereocenters. The second-order valence-corrected chi connectivity index (χ2v) is 11.4. The second kappa shape index (κ2) is 9.13. The standard InChI is InChI=1S/C28H27F3N6O4/c1-27-13-37(26(39)16-7-17(23-3-2-6-40-23)24(32-9-16)41-14-28(29,30)31)12-20(27)18-10-36(11-19(18)27)25(38)15-4-5-21-22(8-15)34-35-33-21/h2-9,18-20,33-35H,10-14H2,1H3/t18-,19+,20+,27-/m1/s1. The van der Waals surface area contributed by atoms with E-state index < -0.39 is 12.8 Å². The molecule has 0 radical (unpaired) electrons. The minimum Gasteiger partial charge on any atom is -0.467 e. The lowest BCUT2D eigenvalue weighted by atomic mass is 9.50. The third-order valence-electron chi connectivity index (χ3n) is 9.02. The van der Waals surface area contributed by atoms with Crippen molar-refractivity contribution in [2.75, 3.05) is 43.6 Å². The number of hydrazine groups is 2. The maximum Gasteiger partial charge on any atom is 0.422 e. The maximum atomic E-state index is 13.6. The Morgan fingerprint density at radius 3 is 2.56 bits per heavy atom. The van der Waals surface area contributed by atoms with Gasteiger partial charge in [-0.25, -0.2) is 4.98 Å². The highest BCUT2D eigenvalue weighted by atomic mass is 19.4. The summed E-state index contributed by atoms with van der Waals surface area (Å²) in [6, 6.07) is 10.2. The molecule has 0 spiro atoms. The number of fused-ring (bicyclic) bond motifs is 5. The van der Waals surface area contributed by atoms with Crippen LogP contribution in [0.2, 0.25) is 0 Å². The second-order valence-electron chi connectivity index (χ2n) is 11.4. The molecule has 3 aromatic rings. The number of halogens is 3. The van der Waals surface area contributed by atoms with Crippen LogP contribution in [0, 0.1) is 23.2 Å². The Morgan fingerprint density at radius 1 is 1.05 bits per heavy atom. The molecule has 5 heterocycles. The van der Waals surface area contributed by atoms with E-state index >= 15 is 0 Å². The summed E-state index contributed by atoms with van der Waals surface area (Å²) in [7, 11) is 0. The van der Waals surface area contributed by atoms with Crippen molar-refractivity contribution in [1.82, 2.24) is 20.3 Å². The van der Waals surface area contributed by atoms with Gasteiger partial charge >= 0.3 is 6.18 Å². The van der Waals surface area contributed by atoms with Crippen LogP contribution in [-0.4, -0.2) is 65.6 Å². The highest BCUT2D eigenvalue weighted by molar-refractivity contribution is 5.97. The monoisotopic (exact) mass is 568 g/mol. The molecule has 2 aromatic heterocycles. The molecule has 13 heteroatoms. The van der Waals surface area contributed by atoms with E-state index in [4.69, 9.17) is 9.15 Å². The summed E-state index contributed by atoms with van der Waals surface area (Å²) >= 11 is 0. The Bertz CT molecular complexity index is 1530. The summed E-state index contributed by atoms with van der Waals surface area (Å²) in [5, 5.41) is 0. The van der Waals surface area contributed by atoms with Crippen LogP contribution < -0.4 is 21.1 Å². The molecule has 2 amide bonds. The molecular formula is C28H27F3N6O4. The largest absolute Gasteiger partial charge is 0.467 e. The third kappa shape index (κ3) is 4.26. The van der Waals surface area contributed by atoms with E-state index in [0.29, 0.717) is 37.7 Å². The van der Waals surface area contributed by atoms with Gasteiger partial charge in [-0.05, 0) is 59.6 Å². The predicted molar refractivity (Wildman–Crippen MR) is 141 cm³/mol. The zero-order valence-electron chi connectivity index (χ0n) is 22.0. The number of ether oxygens (including phenoxy) is 1. The molecule has 7 rings (SSSR count). The Labute approximate surface area is 232 Å². The van der Waals surface area contributed by atoms with Crippen LogP contribution >= 0.6 is 0 Å². The zero-order chi connectivity index (χ0) is 28.5. The van der Waals surface area contributed by atoms with Gasteiger partial charge < -0.3 is 29.8 Å². The minimum absolute atomic E-state index is 0.00475. The summed E-state index contributed by atoms with van der Waals surface area (Å²) in [5.74, 6) is 0.568. The molecule has 1 saturated carbocycles. The molecule has 3 aliphatic heterocycles. The lowest BCUT2D eigenvalue weighted by Crippen LogP contribution is -2.53. The van der Waals surface area contributed by atoms with Gasteiger partial charge in [0.15, 0.2) is 6.61 Å². The average Bonchev–Trinajstić information content (AvgIpc) is 3.75. The fourth-order valence-corrected chi connectivity index (χ4v) is 7.06. The van der Waals surface area contributed by atoms with Crippen molar-refractivity contribution in [2.45, 2.75) is 13.1 Å². The van der Waals surface area contributed by atoms with Gasteiger partial charge in [-0.2, -0.15) is 13.2 Å². The first kappa shape index (κ1) is 25.7. The average molecular weight is 569 g/mol. The molecule has 3 fully saturated rings. The molecule has 4 aliphatic rings. The number of aromatic nitrogens is 1. The van der Waals surface area contributed by atoms with Crippen molar-refractivity contribution in [3.05, 3.63) is 60.0 Å². The molecule has 0 bridgehead atoms. The molecule has 2 saturated heterocycles. The smallest absolute Gasteiger partial charge is 0.422 e. The van der Waals surface area contributed by atoms with E-state index in [1.54, 1.807) is 17.0 Å². The molecule has 1 aromatic carbocycles. The van der Waals surface area contributed by atoms with E-state index in [0.717, 1.165) is 11.4 Å². The number of likely N-dealkylation sites (tertiary alicyclic amines) is 2. The number of carbonyl (C=O) groups excluding carboxylic acids is 2. The Hall–Kier alpha value is -4.26. The number of furan rings is 1. The first-order valence-electron chi connectivity index (χ1n) is 13.3. The maximum absolute atomic E-state index is 13.6. The molecule has 3 N–H and O–H groups in total. The number of amides is 2. The Kier molecular flexibility index (Phi) is 5.72. The summed E-state index contributed by atoms with van der Waals surface area (Å²) in [6.07, 6.45) is -1.90. The van der Waals surface area contributed by atoms with Gasteiger partial charge in [0.2, 0.25) is 5.88 Å². The lowest BCUT2D eigenvalue weighted by molar-refractivity contribution is -0.154. The number of anilines is 2. The van der Waals surface area contributed by atoms with Gasteiger partial charge in [-0.1, -0.05) is 6.92 Å². The molecule has 10 nitrogen and oxygen atoms in total. The van der Waals surface area contributed by atoms with E-state index in [2.05, 4.69) is 28.3 Å². The van der Waals surface area contributed by atoms with Crippen LogP contribution in [0.15, 0.2) is 53.3 Å². The third-order valence-corrected chi connectivity index (χ3v) is 9.02. The summed E-state index contributed by atoms with van der Waals surface area (Å²) < 4.78 is 48.6. The fraction of sp³-hybridized carbons (Fsp3) is 0.393. The van der Waals surface area contributed by atoms with Crippen molar-refractivity contribution < 1.29 is 31.9 Å². The van der Waals surface area contributed by atoms with Crippen molar-refractivity contribution in [2.24, 2.45) is 23.2 Å². The van der Waals surface area contributed by atoms with Crippen LogP contribution in [0.3, 0.4) is 0 Å². The van der Waals surface area contributed by atoms with Crippen LogP contribution in [-0.2, 0) is 0 Å². The predicted octanol–water partition coefficient (Wildman–Crippen LogP) is 4.02. The quantitative estimate of drug-likeness (QED) is 0.423. The van der Waals surface area contributed by atoms with Crippen molar-refractivity contribution in [3.8, 4) is 17.2 Å². The van der Waals surface area contributed by atoms with Gasteiger partial charge in [-0.15, -0.1) is 5.53 Å². The van der Waals surface area contributed by atoms with E-state index in [1.807, 2.05) is 23.1 Å². The minimum atomic E-state index is -4.54. The highest BCUT2D eigenvalue weighted by Crippen LogP contribution is 2.62. The number of rotatable bonds is 5. The normalized spacial score (nSPS) is 26.0. The number of benzene rings is 1. The molecule has 1 aliphatic carbocycles. The summed E-state index contributed by atoms with van der Waals surface area (Å²) in [6.45, 7) is 3.02. The molecule has 4 atom stereocenters. The van der Waals surface area contributed by atoms with E-state index in [1.165, 1.54) is 18.5 Å². The van der Waals surface area contributed by atoms with E-state index in [9.17, 15) is 22.8 Å². The number of nitrogens with one attached hydrogen (secondary N) is 3. The Balaban J connectivity index is 1.05. The van der Waals surface area contributed by atoms with Crippen LogP contribution in [0.1, 0.15) is 27.6 Å². The van der Waals surface area contributed by atoms with Crippen molar-refractivity contribution >= 4 is 23.2 Å². The first-order valence-corrected chi connectivity index (χ1v) is 13.3. The molecular weight excluding hydrogens is 541 g/mol. The number of hydrogen-bond acceptors (Lipinski definition) is 8. The SMILES string of the molecule is C[C@]12CN(C(=O)c3cnc(OCC(F)(F)F)c(-c4ccco4)c3)C[C@H]1[C@@H]1CN(C(=O)c3ccc4c(c3)NNN4)C[C@@H]12. The summed E-state index contributed by atoms with van der Waals surface area (Å²) in [5.41, 5.74) is 11.4. The topological polar surface area (TPSA) is 112 Å². The fourth-order valence-electron chi connectivity index (χ4n) is 7.06. The van der Waals surface area contributed by atoms with Gasteiger partial charge in [0.25, 0.3) is 11.8 Å². The van der Waals surface area contributed by atoms with Gasteiger partial charge in [0, 0.05) is 37.9 Å².